The number of amides is 1. The van der Waals surface area contributed by atoms with Gasteiger partial charge in [0.1, 0.15) is 28.8 Å². The Morgan fingerprint density at radius 2 is 2.00 bits per heavy atom. The van der Waals surface area contributed by atoms with Crippen LogP contribution in [0.3, 0.4) is 0 Å². The van der Waals surface area contributed by atoms with Crippen LogP contribution in [-0.2, 0) is 14.2 Å². The van der Waals surface area contributed by atoms with Gasteiger partial charge in [0.25, 0.3) is 0 Å². The Balaban J connectivity index is 1.86. The largest absolute Gasteiger partial charge is 0.479 e. The van der Waals surface area contributed by atoms with Gasteiger partial charge < -0.3 is 34.8 Å². The van der Waals surface area contributed by atoms with Gasteiger partial charge in [-0.15, -0.1) is 0 Å². The number of nitrogen functional groups attached to an aromatic ring is 1. The Labute approximate surface area is 179 Å². The fourth-order valence-corrected chi connectivity index (χ4v) is 4.35. The number of aliphatic hydroxyl groups is 1. The number of H-pyrrole nitrogens is 1. The molecule has 2 aromatic rings. The average Bonchev–Trinajstić information content (AvgIpc) is 3.27. The van der Waals surface area contributed by atoms with Gasteiger partial charge in [0.15, 0.2) is 5.79 Å². The first-order valence-corrected chi connectivity index (χ1v) is 10.1. The van der Waals surface area contributed by atoms with Gasteiger partial charge in [-0.1, -0.05) is 0 Å². The zero-order valence-corrected chi connectivity index (χ0v) is 18.5. The third kappa shape index (κ3) is 3.66. The van der Waals surface area contributed by atoms with Gasteiger partial charge in [0, 0.05) is 11.8 Å². The van der Waals surface area contributed by atoms with Crippen LogP contribution >= 0.6 is 0 Å². The summed E-state index contributed by atoms with van der Waals surface area (Å²) < 4.78 is 23.2. The minimum atomic E-state index is -0.876. The summed E-state index contributed by atoms with van der Waals surface area (Å²) in [6.07, 6.45) is 0.0261. The topological polar surface area (TPSA) is 145 Å². The fourth-order valence-electron chi connectivity index (χ4n) is 4.35. The summed E-state index contributed by atoms with van der Waals surface area (Å²) in [5.74, 6) is -0.556. The molecular formula is C20H29N5O6. The molecule has 31 heavy (non-hydrogen) atoms. The van der Waals surface area contributed by atoms with Crippen LogP contribution in [0.1, 0.15) is 46.2 Å². The van der Waals surface area contributed by atoms with Crippen LogP contribution in [0, 0.1) is 0 Å². The molecule has 0 aromatic carbocycles. The van der Waals surface area contributed by atoms with E-state index in [2.05, 4.69) is 15.0 Å². The molecule has 4 atom stereocenters. The second-order valence-electron chi connectivity index (χ2n) is 9.21. The van der Waals surface area contributed by atoms with Crippen LogP contribution in [0.5, 0.6) is 5.88 Å². The van der Waals surface area contributed by atoms with Crippen molar-refractivity contribution in [3.05, 3.63) is 11.8 Å². The number of nitrogens with zero attached hydrogens (tertiary/aromatic N) is 3. The van der Waals surface area contributed by atoms with E-state index < -0.39 is 41.8 Å². The van der Waals surface area contributed by atoms with Crippen molar-refractivity contribution >= 4 is 23.1 Å². The van der Waals surface area contributed by atoms with E-state index in [1.165, 1.54) is 12.0 Å². The Kier molecular flexibility index (Phi) is 5.02. The molecule has 4 heterocycles. The van der Waals surface area contributed by atoms with Gasteiger partial charge in [0.2, 0.25) is 11.8 Å². The van der Waals surface area contributed by atoms with Gasteiger partial charge in [-0.2, -0.15) is 4.98 Å². The van der Waals surface area contributed by atoms with E-state index in [0.29, 0.717) is 16.6 Å². The molecule has 11 nitrogen and oxygen atoms in total. The molecule has 11 heteroatoms. The number of nitrogens with two attached hydrogens (primary N) is 1. The number of fused-ring (bicyclic) bond motifs is 2. The van der Waals surface area contributed by atoms with Crippen LogP contribution in [0.4, 0.5) is 10.7 Å². The van der Waals surface area contributed by atoms with Gasteiger partial charge in [-0.25, -0.2) is 9.78 Å². The normalized spacial score (nSPS) is 27.5. The van der Waals surface area contributed by atoms with Gasteiger partial charge in [-0.3, -0.25) is 4.90 Å². The number of nitrogens with one attached hydrogen (secondary N) is 1. The Morgan fingerprint density at radius 1 is 1.32 bits per heavy atom. The smallest absolute Gasteiger partial charge is 0.411 e. The lowest BCUT2D eigenvalue weighted by atomic mass is 10.0. The molecule has 2 aliphatic rings. The zero-order chi connectivity index (χ0) is 22.7. The standard InChI is InChI=1S/C20H29N5O6/c1-19(2,3)31-18(27)25-10(8-26)14-15(30-20(4,5)29-14)13(25)9-7-22-12-11(9)23-17(21)24-16(12)28-6/h7,10,13-15,22,26H,8H2,1-6H3,(H2,21,23,24)/t10-,13+,14-,15+/m1/s1. The first-order valence-electron chi connectivity index (χ1n) is 10.1. The number of likely N-dealkylation sites (tertiary alicyclic amines) is 1. The molecule has 0 aliphatic carbocycles. The molecule has 2 saturated heterocycles. The molecule has 4 N–H and O–H groups in total. The van der Waals surface area contributed by atoms with Crippen molar-refractivity contribution in [1.29, 1.82) is 0 Å². The Morgan fingerprint density at radius 3 is 2.61 bits per heavy atom. The van der Waals surface area contributed by atoms with E-state index in [9.17, 15) is 9.90 Å². The second kappa shape index (κ2) is 7.21. The summed E-state index contributed by atoms with van der Waals surface area (Å²) in [6.45, 7) is 8.63. The summed E-state index contributed by atoms with van der Waals surface area (Å²) in [6, 6.07) is -1.32. The van der Waals surface area contributed by atoms with E-state index in [1.54, 1.807) is 40.8 Å². The van der Waals surface area contributed by atoms with Crippen molar-refractivity contribution in [3.63, 3.8) is 0 Å². The number of rotatable bonds is 3. The number of carbonyl (C=O) groups excluding carboxylic acids is 1. The van der Waals surface area contributed by atoms with Crippen molar-refractivity contribution in [1.82, 2.24) is 19.9 Å². The van der Waals surface area contributed by atoms with Crippen molar-refractivity contribution in [2.45, 2.75) is 70.3 Å². The van der Waals surface area contributed by atoms with Crippen molar-refractivity contribution in [2.24, 2.45) is 0 Å². The molecule has 0 spiro atoms. The van der Waals surface area contributed by atoms with E-state index in [1.807, 2.05) is 0 Å². The fraction of sp³-hybridized carbons (Fsp3) is 0.650. The summed E-state index contributed by atoms with van der Waals surface area (Å²) in [7, 11) is 1.48. The van der Waals surface area contributed by atoms with Crippen LogP contribution in [-0.4, -0.2) is 74.4 Å². The first kappa shape index (κ1) is 21.6. The van der Waals surface area contributed by atoms with Crippen molar-refractivity contribution in [2.75, 3.05) is 19.5 Å². The lowest BCUT2D eigenvalue weighted by Crippen LogP contribution is -2.47. The monoisotopic (exact) mass is 435 g/mol. The highest BCUT2D eigenvalue weighted by atomic mass is 16.8. The van der Waals surface area contributed by atoms with E-state index in [4.69, 9.17) is 24.7 Å². The maximum atomic E-state index is 13.2. The predicted octanol–water partition coefficient (Wildman–Crippen LogP) is 1.72. The number of methoxy groups -OCH3 is 1. The molecule has 0 bridgehead atoms. The minimum absolute atomic E-state index is 0.0335. The third-order valence-electron chi connectivity index (χ3n) is 5.35. The zero-order valence-electron chi connectivity index (χ0n) is 18.5. The number of aliphatic hydroxyl groups excluding tert-OH is 1. The molecule has 170 valence electrons. The number of hydrogen-bond donors (Lipinski definition) is 3. The number of anilines is 1. The lowest BCUT2D eigenvalue weighted by molar-refractivity contribution is -0.168. The number of hydrogen-bond acceptors (Lipinski definition) is 9. The number of aromatic nitrogens is 3. The van der Waals surface area contributed by atoms with E-state index >= 15 is 0 Å². The highest BCUT2D eigenvalue weighted by molar-refractivity contribution is 5.85. The predicted molar refractivity (Wildman–Crippen MR) is 110 cm³/mol. The van der Waals surface area contributed by atoms with Crippen LogP contribution in [0.2, 0.25) is 0 Å². The quantitative estimate of drug-likeness (QED) is 0.656. The van der Waals surface area contributed by atoms with Crippen LogP contribution in [0.15, 0.2) is 6.20 Å². The van der Waals surface area contributed by atoms with Crippen molar-refractivity contribution in [3.8, 4) is 5.88 Å². The van der Waals surface area contributed by atoms with Crippen molar-refractivity contribution < 1.29 is 28.8 Å². The summed E-state index contributed by atoms with van der Waals surface area (Å²) in [5.41, 5.74) is 6.84. The maximum absolute atomic E-state index is 13.2. The van der Waals surface area contributed by atoms with Gasteiger partial charge >= 0.3 is 6.09 Å². The molecule has 2 fully saturated rings. The lowest BCUT2D eigenvalue weighted by Gasteiger charge is -2.34. The molecule has 0 unspecified atom stereocenters. The van der Waals surface area contributed by atoms with E-state index in [0.717, 1.165) is 0 Å². The van der Waals surface area contributed by atoms with E-state index in [-0.39, 0.29) is 18.4 Å². The molecule has 2 aliphatic heterocycles. The molecule has 1 amide bonds. The molecule has 0 saturated carbocycles. The summed E-state index contributed by atoms with van der Waals surface area (Å²) in [5, 5.41) is 10.2. The SMILES string of the molecule is COc1nc(N)nc2c([C@H]3[C@@H]4OC(C)(C)O[C@@H]4[C@@H](CO)N3C(=O)OC(C)(C)C)c[nH]c12. The van der Waals surface area contributed by atoms with Gasteiger partial charge in [0.05, 0.1) is 25.8 Å². The van der Waals surface area contributed by atoms with Crippen LogP contribution in [0.25, 0.3) is 11.0 Å². The van der Waals surface area contributed by atoms with Gasteiger partial charge in [-0.05, 0) is 34.6 Å². The first-order chi connectivity index (χ1) is 14.5. The second-order valence-corrected chi connectivity index (χ2v) is 9.21. The maximum Gasteiger partial charge on any atom is 0.411 e. The molecule has 4 rings (SSSR count). The Bertz CT molecular complexity index is 1000. The molecule has 0 radical (unpaired) electrons. The summed E-state index contributed by atoms with van der Waals surface area (Å²) >= 11 is 0. The highest BCUT2D eigenvalue weighted by Gasteiger charge is 2.60. The third-order valence-corrected chi connectivity index (χ3v) is 5.35. The summed E-state index contributed by atoms with van der Waals surface area (Å²) in [4.78, 5) is 26.3. The number of aromatic amines is 1. The number of carbonyl (C=O) groups is 1. The number of ether oxygens (including phenoxy) is 4. The molecular weight excluding hydrogens is 406 g/mol. The average molecular weight is 435 g/mol. The van der Waals surface area contributed by atoms with Crippen LogP contribution < -0.4 is 10.5 Å². The highest BCUT2D eigenvalue weighted by Crippen LogP contribution is 2.49. The minimum Gasteiger partial charge on any atom is -0.479 e. The Hall–Kier alpha value is -2.63. The molecule has 2 aromatic heterocycles.